The lowest BCUT2D eigenvalue weighted by atomic mass is 9.71. The molecule has 1 aliphatic carbocycles. The average Bonchev–Trinajstić information content (AvgIpc) is 3.05. The Morgan fingerprint density at radius 3 is 1.18 bits per heavy atom. The van der Waals surface area contributed by atoms with E-state index in [1.54, 1.807) is 0 Å². The average molecular weight is 482 g/mol. The van der Waals surface area contributed by atoms with Gasteiger partial charge in [0.1, 0.15) is 0 Å². The fourth-order valence-electron chi connectivity index (χ4n) is 4.53. The Morgan fingerprint density at radius 1 is 0.364 bits per heavy atom. The first kappa shape index (κ1) is 23.1. The molecule has 0 aromatic heterocycles. The Labute approximate surface area is 178 Å². The zero-order valence-corrected chi connectivity index (χ0v) is 16.7. The van der Waals surface area contributed by atoms with Crippen LogP contribution >= 0.6 is 0 Å². The Morgan fingerprint density at radius 2 is 0.697 bits per heavy atom. The molecule has 0 fully saturated rings. The monoisotopic (exact) mass is 482 g/mol. The molecule has 0 saturated heterocycles. The van der Waals surface area contributed by atoms with Crippen LogP contribution in [-0.2, 0) is 5.41 Å². The van der Waals surface area contributed by atoms with E-state index in [1.807, 2.05) is 0 Å². The highest BCUT2D eigenvalue weighted by Gasteiger charge is 2.53. The molecule has 1 atom stereocenters. The van der Waals surface area contributed by atoms with E-state index in [9.17, 15) is 48.3 Å². The first-order valence-electron chi connectivity index (χ1n) is 9.08. The summed E-state index contributed by atoms with van der Waals surface area (Å²) in [4.78, 5) is 0. The number of rotatable bonds is 1. The van der Waals surface area contributed by atoms with Crippen molar-refractivity contribution in [1.82, 2.24) is 0 Å². The number of hydrogen-bond donors (Lipinski definition) is 0. The summed E-state index contributed by atoms with van der Waals surface area (Å²) in [5.41, 5.74) is -12.3. The van der Waals surface area contributed by atoms with Gasteiger partial charge in [-0.2, -0.15) is 0 Å². The summed E-state index contributed by atoms with van der Waals surface area (Å²) in [6.45, 7) is 1.94. The molecule has 11 heteroatoms. The van der Waals surface area contributed by atoms with E-state index in [-0.39, 0.29) is 0 Å². The zero-order valence-electron chi connectivity index (χ0n) is 16.7. The molecule has 0 spiro atoms. The van der Waals surface area contributed by atoms with Crippen molar-refractivity contribution in [2.24, 2.45) is 0 Å². The molecule has 0 N–H and O–H groups in total. The molecule has 0 heterocycles. The van der Waals surface area contributed by atoms with Crippen molar-refractivity contribution in [2.75, 3.05) is 0 Å². The summed E-state index contributed by atoms with van der Waals surface area (Å²) in [5, 5.41) is 0. The molecule has 1 aliphatic rings. The third-order valence-corrected chi connectivity index (χ3v) is 6.06. The Balaban J connectivity index is 2.39. The fraction of sp³-hybridized carbons (Fsp3) is 0.182. The van der Waals surface area contributed by atoms with Crippen LogP contribution in [0.5, 0.6) is 0 Å². The Hall–Kier alpha value is -3.11. The summed E-state index contributed by atoms with van der Waals surface area (Å²) < 4.78 is 160. The largest absolute Gasteiger partial charge is 0.203 e. The minimum absolute atomic E-state index is 0.566. The van der Waals surface area contributed by atoms with Crippen molar-refractivity contribution in [1.29, 1.82) is 0 Å². The van der Waals surface area contributed by atoms with E-state index in [0.29, 0.717) is 13.8 Å². The zero-order chi connectivity index (χ0) is 24.9. The maximum absolute atomic E-state index is 15.0. The van der Waals surface area contributed by atoms with Gasteiger partial charge in [0.15, 0.2) is 64.0 Å². The van der Waals surface area contributed by atoms with E-state index >= 15 is 0 Å². The van der Waals surface area contributed by atoms with Gasteiger partial charge in [-0.1, -0.05) is 0 Å². The molecule has 0 saturated carbocycles. The number of benzene rings is 3. The quantitative estimate of drug-likeness (QED) is 0.196. The van der Waals surface area contributed by atoms with Crippen molar-refractivity contribution < 1.29 is 48.3 Å². The molecular formula is C22H9F11. The van der Waals surface area contributed by atoms with Crippen molar-refractivity contribution in [3.63, 3.8) is 0 Å². The first-order valence-corrected chi connectivity index (χ1v) is 9.08. The second kappa shape index (κ2) is 6.94. The van der Waals surface area contributed by atoms with Gasteiger partial charge in [0, 0.05) is 27.8 Å². The molecule has 0 amide bonds. The fourth-order valence-corrected chi connectivity index (χ4v) is 4.53. The molecule has 0 bridgehead atoms. The second-order valence-corrected chi connectivity index (χ2v) is 7.70. The van der Waals surface area contributed by atoms with Gasteiger partial charge in [0.05, 0.1) is 5.41 Å². The predicted molar refractivity (Wildman–Crippen MR) is 92.9 cm³/mol. The Kier molecular flexibility index (Phi) is 4.85. The number of hydrogen-bond acceptors (Lipinski definition) is 0. The molecular weight excluding hydrogens is 473 g/mol. The lowest BCUT2D eigenvalue weighted by Crippen LogP contribution is -2.30. The third-order valence-electron chi connectivity index (χ3n) is 6.06. The minimum Gasteiger partial charge on any atom is -0.203 e. The number of halogens is 11. The van der Waals surface area contributed by atoms with Crippen molar-refractivity contribution in [3.8, 4) is 11.1 Å². The molecule has 0 nitrogen and oxygen atoms in total. The van der Waals surface area contributed by atoms with E-state index in [0.717, 1.165) is 6.92 Å². The predicted octanol–water partition coefficient (Wildman–Crippen LogP) is 7.17. The lowest BCUT2D eigenvalue weighted by molar-refractivity contribution is 0.389. The van der Waals surface area contributed by atoms with Gasteiger partial charge in [-0.15, -0.1) is 0 Å². The van der Waals surface area contributed by atoms with Crippen molar-refractivity contribution in [3.05, 3.63) is 91.8 Å². The summed E-state index contributed by atoms with van der Waals surface area (Å²) in [5.74, 6) is -24.3. The van der Waals surface area contributed by atoms with Crippen molar-refractivity contribution >= 4 is 0 Å². The van der Waals surface area contributed by atoms with Gasteiger partial charge in [-0.05, 0) is 31.9 Å². The van der Waals surface area contributed by atoms with E-state index < -0.39 is 108 Å². The standard InChI is InChI=1S/C22H9F11/c1-4-8-6(14(26)19(31)11(4)23)7-9(16(28)21(33)20(32)15(7)27)22(8,3)10-17(29)12(24)5(2)13(25)18(10)30/h1-3H3. The number of fused-ring (bicyclic) bond motifs is 3. The van der Waals surface area contributed by atoms with Crippen molar-refractivity contribution in [2.45, 2.75) is 26.2 Å². The highest BCUT2D eigenvalue weighted by atomic mass is 19.2. The van der Waals surface area contributed by atoms with E-state index in [1.165, 1.54) is 0 Å². The van der Waals surface area contributed by atoms with Crippen LogP contribution in [0, 0.1) is 77.8 Å². The summed E-state index contributed by atoms with van der Waals surface area (Å²) in [6.07, 6.45) is 0. The van der Waals surface area contributed by atoms with E-state index in [2.05, 4.69) is 0 Å². The molecule has 3 aromatic rings. The smallest absolute Gasteiger partial charge is 0.198 e. The van der Waals surface area contributed by atoms with E-state index in [4.69, 9.17) is 0 Å². The van der Waals surface area contributed by atoms with Crippen LogP contribution in [0.25, 0.3) is 11.1 Å². The third kappa shape index (κ3) is 2.53. The SMILES string of the molecule is Cc1c(F)c(F)c(C2(C)c3c(C)c(F)c(F)c(F)c3-c3c(F)c(F)c(F)c(F)c32)c(F)c1F. The van der Waals surface area contributed by atoms with Gasteiger partial charge < -0.3 is 0 Å². The highest BCUT2D eigenvalue weighted by Crippen LogP contribution is 2.58. The van der Waals surface area contributed by atoms with Gasteiger partial charge in [-0.3, -0.25) is 0 Å². The Bertz CT molecular complexity index is 1310. The lowest BCUT2D eigenvalue weighted by Gasteiger charge is -2.31. The van der Waals surface area contributed by atoms with Gasteiger partial charge in [-0.25, -0.2) is 48.3 Å². The maximum Gasteiger partial charge on any atom is 0.198 e. The minimum atomic E-state index is -3.06. The molecule has 1 unspecified atom stereocenters. The van der Waals surface area contributed by atoms with Crippen LogP contribution in [-0.4, -0.2) is 0 Å². The van der Waals surface area contributed by atoms with Crippen LogP contribution in [0.2, 0.25) is 0 Å². The summed E-state index contributed by atoms with van der Waals surface area (Å²) in [7, 11) is 0. The molecule has 33 heavy (non-hydrogen) atoms. The molecule has 174 valence electrons. The maximum atomic E-state index is 15.0. The highest BCUT2D eigenvalue weighted by molar-refractivity contribution is 5.86. The second-order valence-electron chi connectivity index (χ2n) is 7.70. The molecule has 3 aromatic carbocycles. The summed E-state index contributed by atoms with van der Waals surface area (Å²) in [6, 6.07) is 0. The first-order chi connectivity index (χ1) is 15.2. The topological polar surface area (TPSA) is 0 Å². The van der Waals surface area contributed by atoms with Crippen LogP contribution in [0.3, 0.4) is 0 Å². The van der Waals surface area contributed by atoms with Crippen LogP contribution in [0.1, 0.15) is 34.7 Å². The van der Waals surface area contributed by atoms with Gasteiger partial charge in [0.2, 0.25) is 0 Å². The molecule has 4 rings (SSSR count). The van der Waals surface area contributed by atoms with Crippen LogP contribution in [0.15, 0.2) is 0 Å². The van der Waals surface area contributed by atoms with Crippen LogP contribution < -0.4 is 0 Å². The summed E-state index contributed by atoms with van der Waals surface area (Å²) >= 11 is 0. The van der Waals surface area contributed by atoms with Crippen LogP contribution in [0.4, 0.5) is 48.3 Å². The molecule has 0 radical (unpaired) electrons. The van der Waals surface area contributed by atoms with Gasteiger partial charge >= 0.3 is 0 Å². The normalized spacial score (nSPS) is 16.9. The van der Waals surface area contributed by atoms with Gasteiger partial charge in [0.25, 0.3) is 0 Å². The molecule has 0 aliphatic heterocycles.